The van der Waals surface area contributed by atoms with Gasteiger partial charge in [0.05, 0.1) is 25.3 Å². The van der Waals surface area contributed by atoms with Crippen molar-refractivity contribution >= 4 is 23.1 Å². The second-order valence-electron chi connectivity index (χ2n) is 5.08. The van der Waals surface area contributed by atoms with Crippen LogP contribution in [0.1, 0.15) is 22.8 Å². The molecule has 9 heteroatoms. The van der Waals surface area contributed by atoms with Crippen molar-refractivity contribution in [1.82, 2.24) is 19.6 Å². The topological polar surface area (TPSA) is 131 Å². The Morgan fingerprint density at radius 2 is 2.32 bits per heavy atom. The highest BCUT2D eigenvalue weighted by atomic mass is 16.5. The van der Waals surface area contributed by atoms with Crippen molar-refractivity contribution in [1.29, 1.82) is 5.26 Å². The molecular formula is C16H15N7O2. The second kappa shape index (κ2) is 6.84. The first kappa shape index (κ1) is 16.2. The molecule has 25 heavy (non-hydrogen) atoms. The molecule has 126 valence electrons. The summed E-state index contributed by atoms with van der Waals surface area (Å²) in [5, 5.41) is 15.6. The van der Waals surface area contributed by atoms with Gasteiger partial charge >= 0.3 is 0 Å². The van der Waals surface area contributed by atoms with Gasteiger partial charge in [0.2, 0.25) is 0 Å². The van der Waals surface area contributed by atoms with Gasteiger partial charge in [0.1, 0.15) is 17.0 Å². The number of fused-ring (bicyclic) bond motifs is 1. The fourth-order valence-electron chi connectivity index (χ4n) is 2.33. The van der Waals surface area contributed by atoms with Crippen LogP contribution in [0, 0.1) is 11.3 Å². The van der Waals surface area contributed by atoms with Crippen LogP contribution in [0.4, 0.5) is 11.5 Å². The maximum atomic E-state index is 12.7. The summed E-state index contributed by atoms with van der Waals surface area (Å²) in [5.41, 5.74) is 7.44. The Kier molecular flexibility index (Phi) is 4.43. The summed E-state index contributed by atoms with van der Waals surface area (Å²) >= 11 is 0. The smallest absolute Gasteiger partial charge is 0.263 e. The number of nitrogens with zero attached hydrogens (tertiary/aromatic N) is 5. The highest BCUT2D eigenvalue weighted by molar-refractivity contribution is 6.11. The Morgan fingerprint density at radius 3 is 3.08 bits per heavy atom. The van der Waals surface area contributed by atoms with Crippen LogP contribution in [-0.4, -0.2) is 32.1 Å². The van der Waals surface area contributed by atoms with Gasteiger partial charge in [-0.1, -0.05) is 0 Å². The number of nitrogen functional groups attached to an aromatic ring is 1. The van der Waals surface area contributed by atoms with E-state index < -0.39 is 5.91 Å². The molecule has 3 rings (SSSR count). The predicted octanol–water partition coefficient (Wildman–Crippen LogP) is 1.42. The van der Waals surface area contributed by atoms with Crippen LogP contribution in [0.3, 0.4) is 0 Å². The minimum atomic E-state index is -0.470. The fourth-order valence-corrected chi connectivity index (χ4v) is 2.33. The number of ether oxygens (including phenoxy) is 1. The molecule has 0 saturated carbocycles. The summed E-state index contributed by atoms with van der Waals surface area (Å²) in [6, 6.07) is 3.69. The average Bonchev–Trinajstić information content (AvgIpc) is 2.92. The molecule has 0 aliphatic heterocycles. The molecule has 0 aromatic carbocycles. The van der Waals surface area contributed by atoms with E-state index in [4.69, 9.17) is 15.7 Å². The molecule has 0 spiro atoms. The Morgan fingerprint density at radius 1 is 1.48 bits per heavy atom. The Labute approximate surface area is 143 Å². The molecule has 3 aromatic rings. The highest BCUT2D eigenvalue weighted by Crippen LogP contribution is 2.25. The van der Waals surface area contributed by atoms with Gasteiger partial charge in [-0.15, -0.1) is 5.10 Å². The number of carbonyl (C=O) groups is 1. The molecule has 0 aliphatic rings. The number of carbonyl (C=O) groups excluding carboxylic acids is 1. The molecule has 0 atom stereocenters. The van der Waals surface area contributed by atoms with Gasteiger partial charge in [-0.25, -0.2) is 9.50 Å². The van der Waals surface area contributed by atoms with Gasteiger partial charge in [-0.05, 0) is 6.92 Å². The van der Waals surface area contributed by atoms with E-state index in [1.165, 1.54) is 16.9 Å². The van der Waals surface area contributed by atoms with Crippen molar-refractivity contribution in [3.05, 3.63) is 42.0 Å². The number of hydrogen-bond donors (Lipinski definition) is 2. The summed E-state index contributed by atoms with van der Waals surface area (Å²) in [6.07, 6.45) is 6.39. The number of anilines is 2. The third-order valence-corrected chi connectivity index (χ3v) is 3.39. The zero-order valence-corrected chi connectivity index (χ0v) is 13.4. The number of pyridine rings is 1. The van der Waals surface area contributed by atoms with E-state index in [0.29, 0.717) is 29.3 Å². The Hall–Kier alpha value is -3.67. The maximum Gasteiger partial charge on any atom is 0.263 e. The Bertz CT molecular complexity index is 974. The summed E-state index contributed by atoms with van der Waals surface area (Å²) in [6.45, 7) is 2.30. The minimum absolute atomic E-state index is 0.0426. The number of aromatic nitrogens is 4. The number of nitrogens with two attached hydrogens (primary N) is 1. The molecule has 0 bridgehead atoms. The van der Waals surface area contributed by atoms with Crippen molar-refractivity contribution in [2.75, 3.05) is 17.7 Å². The quantitative estimate of drug-likeness (QED) is 0.719. The molecule has 0 fully saturated rings. The average molecular weight is 337 g/mol. The second-order valence-corrected chi connectivity index (χ2v) is 5.08. The van der Waals surface area contributed by atoms with Gasteiger partial charge in [0.25, 0.3) is 5.91 Å². The van der Waals surface area contributed by atoms with Gasteiger partial charge in [-0.2, -0.15) is 5.26 Å². The molecule has 0 unspecified atom stereocenters. The molecule has 0 saturated heterocycles. The van der Waals surface area contributed by atoms with Crippen LogP contribution in [-0.2, 0) is 6.42 Å². The molecular weight excluding hydrogens is 322 g/mol. The molecule has 9 nitrogen and oxygen atoms in total. The lowest BCUT2D eigenvalue weighted by molar-refractivity contribution is 0.102. The predicted molar refractivity (Wildman–Crippen MR) is 90.1 cm³/mol. The van der Waals surface area contributed by atoms with Crippen molar-refractivity contribution in [2.45, 2.75) is 13.3 Å². The highest BCUT2D eigenvalue weighted by Gasteiger charge is 2.20. The zero-order valence-electron chi connectivity index (χ0n) is 13.4. The zero-order chi connectivity index (χ0) is 17.8. The van der Waals surface area contributed by atoms with E-state index in [9.17, 15) is 4.79 Å². The first-order valence-corrected chi connectivity index (χ1v) is 7.52. The standard InChI is InChI=1S/C16H15N7O2/c1-2-25-12-4-6-19-8-11(12)21-16(24)13-14(18)22-23-9-10(3-5-17)7-20-15(13)23/h4,6-9H,2-3H2,1H3,(H2,18,22)(H,21,24). The van der Waals surface area contributed by atoms with Crippen LogP contribution < -0.4 is 15.8 Å². The van der Waals surface area contributed by atoms with Crippen molar-refractivity contribution in [3.63, 3.8) is 0 Å². The maximum absolute atomic E-state index is 12.7. The van der Waals surface area contributed by atoms with E-state index in [0.717, 1.165) is 0 Å². The van der Waals surface area contributed by atoms with Crippen LogP contribution >= 0.6 is 0 Å². The third-order valence-electron chi connectivity index (χ3n) is 3.39. The molecule has 1 amide bonds. The molecule has 0 aliphatic carbocycles. The van der Waals surface area contributed by atoms with Crippen LogP contribution in [0.2, 0.25) is 0 Å². The van der Waals surface area contributed by atoms with Crippen LogP contribution in [0.25, 0.3) is 5.65 Å². The number of amides is 1. The van der Waals surface area contributed by atoms with Crippen molar-refractivity contribution in [2.24, 2.45) is 0 Å². The van der Waals surface area contributed by atoms with E-state index in [-0.39, 0.29) is 17.8 Å². The lowest BCUT2D eigenvalue weighted by atomic mass is 10.2. The fraction of sp³-hybridized carbons (Fsp3) is 0.188. The first-order valence-electron chi connectivity index (χ1n) is 7.52. The van der Waals surface area contributed by atoms with Crippen molar-refractivity contribution < 1.29 is 9.53 Å². The summed E-state index contributed by atoms with van der Waals surface area (Å²) in [5.74, 6) is 0.0769. The van der Waals surface area contributed by atoms with E-state index in [1.807, 2.05) is 13.0 Å². The normalized spacial score (nSPS) is 10.4. The number of rotatable bonds is 5. The third kappa shape index (κ3) is 3.18. The number of nitriles is 1. The number of hydrogen-bond acceptors (Lipinski definition) is 7. The monoisotopic (exact) mass is 337 g/mol. The number of nitrogens with one attached hydrogen (secondary N) is 1. The summed E-state index contributed by atoms with van der Waals surface area (Å²) in [7, 11) is 0. The van der Waals surface area contributed by atoms with E-state index >= 15 is 0 Å². The van der Waals surface area contributed by atoms with Gasteiger partial charge in [0.15, 0.2) is 11.5 Å². The van der Waals surface area contributed by atoms with Gasteiger partial charge < -0.3 is 15.8 Å². The molecule has 3 N–H and O–H groups in total. The van der Waals surface area contributed by atoms with Crippen LogP contribution in [0.15, 0.2) is 30.9 Å². The van der Waals surface area contributed by atoms with Gasteiger partial charge in [0, 0.05) is 30.2 Å². The molecule has 3 aromatic heterocycles. The summed E-state index contributed by atoms with van der Waals surface area (Å²) in [4.78, 5) is 20.8. The Balaban J connectivity index is 1.95. The van der Waals surface area contributed by atoms with E-state index in [1.54, 1.807) is 18.5 Å². The minimum Gasteiger partial charge on any atom is -0.492 e. The van der Waals surface area contributed by atoms with Crippen molar-refractivity contribution in [3.8, 4) is 11.8 Å². The lowest BCUT2D eigenvalue weighted by Gasteiger charge is -2.10. The van der Waals surface area contributed by atoms with E-state index in [2.05, 4.69) is 20.4 Å². The van der Waals surface area contributed by atoms with Gasteiger partial charge in [-0.3, -0.25) is 9.78 Å². The SMILES string of the molecule is CCOc1ccncc1NC(=O)c1c(N)nn2cc(CC#N)cnc12. The molecule has 3 heterocycles. The lowest BCUT2D eigenvalue weighted by Crippen LogP contribution is -2.15. The van der Waals surface area contributed by atoms with Crippen LogP contribution in [0.5, 0.6) is 5.75 Å². The largest absolute Gasteiger partial charge is 0.492 e. The first-order chi connectivity index (χ1) is 12.1. The molecule has 0 radical (unpaired) electrons. The summed E-state index contributed by atoms with van der Waals surface area (Å²) < 4.78 is 6.86.